The number of hydrogen-bond donors (Lipinski definition) is 1. The standard InChI is InChI=1S/C17H26O/c1-12-8-9-17(18,15(4)10-12)11-16-13(2)6-5-7-14(16)3/h5-7,12,15,18H,8-11H2,1-4H3. The summed E-state index contributed by atoms with van der Waals surface area (Å²) < 4.78 is 0. The van der Waals surface area contributed by atoms with Crippen LogP contribution >= 0.6 is 0 Å². The monoisotopic (exact) mass is 246 g/mol. The molecule has 1 N–H and O–H groups in total. The molecule has 1 fully saturated rings. The van der Waals surface area contributed by atoms with Crippen LogP contribution in [0.1, 0.15) is 49.8 Å². The van der Waals surface area contributed by atoms with Crippen molar-refractivity contribution in [1.82, 2.24) is 0 Å². The summed E-state index contributed by atoms with van der Waals surface area (Å²) in [6.07, 6.45) is 4.08. The molecule has 0 saturated heterocycles. The van der Waals surface area contributed by atoms with Gasteiger partial charge in [-0.3, -0.25) is 0 Å². The molecule has 1 aliphatic rings. The van der Waals surface area contributed by atoms with E-state index in [-0.39, 0.29) is 0 Å². The van der Waals surface area contributed by atoms with Crippen molar-refractivity contribution in [2.45, 2.75) is 59.0 Å². The van der Waals surface area contributed by atoms with E-state index in [4.69, 9.17) is 0 Å². The number of aliphatic hydroxyl groups is 1. The van der Waals surface area contributed by atoms with E-state index in [1.807, 2.05) is 0 Å². The predicted octanol–water partition coefficient (Wildman–Crippen LogP) is 4.03. The van der Waals surface area contributed by atoms with Crippen LogP contribution in [0.5, 0.6) is 0 Å². The first-order valence-electron chi connectivity index (χ1n) is 7.20. The summed E-state index contributed by atoms with van der Waals surface area (Å²) in [5, 5.41) is 11.0. The fourth-order valence-corrected chi connectivity index (χ4v) is 3.38. The van der Waals surface area contributed by atoms with Gasteiger partial charge < -0.3 is 5.11 Å². The molecule has 0 heterocycles. The number of aryl methyl sites for hydroxylation is 2. The minimum atomic E-state index is -0.497. The van der Waals surface area contributed by atoms with Gasteiger partial charge >= 0.3 is 0 Å². The van der Waals surface area contributed by atoms with Crippen LogP contribution in [-0.2, 0) is 6.42 Å². The van der Waals surface area contributed by atoms with Crippen LogP contribution in [0.15, 0.2) is 18.2 Å². The largest absolute Gasteiger partial charge is 0.389 e. The Labute approximate surface area is 111 Å². The van der Waals surface area contributed by atoms with Crippen molar-refractivity contribution in [2.75, 3.05) is 0 Å². The number of rotatable bonds is 2. The summed E-state index contributed by atoms with van der Waals surface area (Å²) in [4.78, 5) is 0. The molecule has 3 atom stereocenters. The fourth-order valence-electron chi connectivity index (χ4n) is 3.38. The summed E-state index contributed by atoms with van der Waals surface area (Å²) >= 11 is 0. The lowest BCUT2D eigenvalue weighted by atomic mass is 9.69. The summed E-state index contributed by atoms with van der Waals surface area (Å²) in [5.41, 5.74) is 3.48. The van der Waals surface area contributed by atoms with Crippen LogP contribution < -0.4 is 0 Å². The molecule has 100 valence electrons. The minimum absolute atomic E-state index is 0.403. The van der Waals surface area contributed by atoms with E-state index < -0.39 is 5.60 Å². The van der Waals surface area contributed by atoms with E-state index in [1.165, 1.54) is 16.7 Å². The van der Waals surface area contributed by atoms with Gasteiger partial charge in [-0.15, -0.1) is 0 Å². The first-order valence-corrected chi connectivity index (χ1v) is 7.20. The molecule has 0 aliphatic heterocycles. The van der Waals surface area contributed by atoms with Crippen molar-refractivity contribution in [3.63, 3.8) is 0 Å². The molecule has 2 rings (SSSR count). The Morgan fingerprint density at radius 1 is 1.22 bits per heavy atom. The van der Waals surface area contributed by atoms with Crippen LogP contribution in [0, 0.1) is 25.7 Å². The molecule has 1 heteroatoms. The van der Waals surface area contributed by atoms with Gasteiger partial charge in [-0.05, 0) is 61.6 Å². The molecule has 1 saturated carbocycles. The van der Waals surface area contributed by atoms with Crippen molar-refractivity contribution < 1.29 is 5.11 Å². The molecule has 1 aromatic carbocycles. The molecular weight excluding hydrogens is 220 g/mol. The lowest BCUT2D eigenvalue weighted by Crippen LogP contribution is -2.43. The van der Waals surface area contributed by atoms with Crippen molar-refractivity contribution in [3.05, 3.63) is 34.9 Å². The third-order valence-electron chi connectivity index (χ3n) is 4.87. The van der Waals surface area contributed by atoms with Gasteiger partial charge in [0, 0.05) is 6.42 Å². The van der Waals surface area contributed by atoms with Crippen molar-refractivity contribution in [2.24, 2.45) is 11.8 Å². The third-order valence-corrected chi connectivity index (χ3v) is 4.87. The Morgan fingerprint density at radius 3 is 2.39 bits per heavy atom. The van der Waals surface area contributed by atoms with Gasteiger partial charge in [0.25, 0.3) is 0 Å². The zero-order valence-electron chi connectivity index (χ0n) is 12.2. The molecule has 1 aliphatic carbocycles. The van der Waals surface area contributed by atoms with Crippen LogP contribution in [0.2, 0.25) is 0 Å². The molecule has 18 heavy (non-hydrogen) atoms. The second-order valence-electron chi connectivity index (χ2n) is 6.43. The molecule has 0 spiro atoms. The maximum Gasteiger partial charge on any atom is 0.0713 e. The molecule has 0 bridgehead atoms. The van der Waals surface area contributed by atoms with Crippen molar-refractivity contribution in [1.29, 1.82) is 0 Å². The topological polar surface area (TPSA) is 20.2 Å². The van der Waals surface area contributed by atoms with Crippen LogP contribution in [0.4, 0.5) is 0 Å². The Kier molecular flexibility index (Phi) is 3.82. The van der Waals surface area contributed by atoms with Gasteiger partial charge in [-0.25, -0.2) is 0 Å². The van der Waals surface area contributed by atoms with E-state index in [9.17, 15) is 5.11 Å². The maximum absolute atomic E-state index is 11.0. The molecule has 0 amide bonds. The SMILES string of the molecule is Cc1cccc(C)c1CC1(O)CCC(C)CC1C. The first kappa shape index (κ1) is 13.6. The van der Waals surface area contributed by atoms with E-state index in [2.05, 4.69) is 45.9 Å². The molecule has 0 radical (unpaired) electrons. The molecule has 1 nitrogen and oxygen atoms in total. The normalized spacial score (nSPS) is 32.5. The summed E-state index contributed by atoms with van der Waals surface area (Å²) in [6, 6.07) is 6.41. The van der Waals surface area contributed by atoms with Crippen LogP contribution in [0.25, 0.3) is 0 Å². The van der Waals surface area contributed by atoms with E-state index in [1.54, 1.807) is 0 Å². The molecule has 1 aromatic rings. The van der Waals surface area contributed by atoms with Crippen molar-refractivity contribution >= 4 is 0 Å². The Morgan fingerprint density at radius 2 is 1.83 bits per heavy atom. The van der Waals surface area contributed by atoms with Gasteiger partial charge in [0.1, 0.15) is 0 Å². The Bertz CT molecular complexity index is 403. The second kappa shape index (κ2) is 5.05. The quantitative estimate of drug-likeness (QED) is 0.835. The highest BCUT2D eigenvalue weighted by molar-refractivity contribution is 5.34. The average molecular weight is 246 g/mol. The fraction of sp³-hybridized carbons (Fsp3) is 0.647. The third kappa shape index (κ3) is 2.61. The van der Waals surface area contributed by atoms with Gasteiger partial charge in [0.2, 0.25) is 0 Å². The van der Waals surface area contributed by atoms with E-state index in [0.29, 0.717) is 5.92 Å². The molecule has 3 unspecified atom stereocenters. The summed E-state index contributed by atoms with van der Waals surface area (Å²) in [7, 11) is 0. The van der Waals surface area contributed by atoms with Gasteiger partial charge in [0.05, 0.1) is 5.60 Å². The first-order chi connectivity index (χ1) is 8.42. The van der Waals surface area contributed by atoms with Gasteiger partial charge in [0.15, 0.2) is 0 Å². The second-order valence-corrected chi connectivity index (χ2v) is 6.43. The number of benzene rings is 1. The lowest BCUT2D eigenvalue weighted by Gasteiger charge is -2.41. The van der Waals surface area contributed by atoms with Crippen molar-refractivity contribution in [3.8, 4) is 0 Å². The van der Waals surface area contributed by atoms with Crippen LogP contribution in [0.3, 0.4) is 0 Å². The zero-order chi connectivity index (χ0) is 13.3. The smallest absolute Gasteiger partial charge is 0.0713 e. The predicted molar refractivity (Wildman–Crippen MR) is 76.7 cm³/mol. The Hall–Kier alpha value is -0.820. The lowest BCUT2D eigenvalue weighted by molar-refractivity contribution is -0.0524. The number of hydrogen-bond acceptors (Lipinski definition) is 1. The summed E-state index contributed by atoms with van der Waals surface area (Å²) in [6.45, 7) is 8.82. The van der Waals surface area contributed by atoms with Gasteiger partial charge in [-0.1, -0.05) is 32.0 Å². The average Bonchev–Trinajstić information content (AvgIpc) is 2.30. The zero-order valence-corrected chi connectivity index (χ0v) is 12.2. The highest BCUT2D eigenvalue weighted by atomic mass is 16.3. The highest BCUT2D eigenvalue weighted by Crippen LogP contribution is 2.39. The van der Waals surface area contributed by atoms with E-state index in [0.717, 1.165) is 31.6 Å². The Balaban J connectivity index is 2.22. The highest BCUT2D eigenvalue weighted by Gasteiger charge is 2.38. The molecule has 0 aromatic heterocycles. The van der Waals surface area contributed by atoms with E-state index >= 15 is 0 Å². The van der Waals surface area contributed by atoms with Crippen LogP contribution in [-0.4, -0.2) is 10.7 Å². The van der Waals surface area contributed by atoms with Gasteiger partial charge in [-0.2, -0.15) is 0 Å². The minimum Gasteiger partial charge on any atom is -0.389 e. The maximum atomic E-state index is 11.0. The summed E-state index contributed by atoms with van der Waals surface area (Å²) in [5.74, 6) is 1.17. The molecular formula is C17H26O.